The molecule has 1 aliphatic heterocycles. The quantitative estimate of drug-likeness (QED) is 0.271. The van der Waals surface area contributed by atoms with Gasteiger partial charge in [0.15, 0.2) is 11.2 Å². The van der Waals surface area contributed by atoms with E-state index in [9.17, 15) is 9.59 Å². The highest BCUT2D eigenvalue weighted by molar-refractivity contribution is 7.99. The molecule has 176 valence electrons. The van der Waals surface area contributed by atoms with E-state index in [1.54, 1.807) is 17.9 Å². The number of fused-ring (bicyclic) bond motifs is 1. The van der Waals surface area contributed by atoms with Crippen LogP contribution < -0.4 is 11.2 Å². The van der Waals surface area contributed by atoms with E-state index in [4.69, 9.17) is 0 Å². The lowest BCUT2D eigenvalue weighted by molar-refractivity contribution is 0.143. The molecule has 1 aromatic carbocycles. The topological polar surface area (TPSA) is 68.3 Å². The number of aromatic nitrogens is 4. The first-order chi connectivity index (χ1) is 16.0. The van der Waals surface area contributed by atoms with Gasteiger partial charge in [0.1, 0.15) is 0 Å². The zero-order chi connectivity index (χ0) is 23.2. The molecule has 0 bridgehead atoms. The first-order valence-corrected chi connectivity index (χ1v) is 12.4. The van der Waals surface area contributed by atoms with Crippen molar-refractivity contribution in [1.29, 1.82) is 0 Å². The van der Waals surface area contributed by atoms with E-state index in [1.807, 2.05) is 11.8 Å². The molecule has 3 aromatic rings. The minimum absolute atomic E-state index is 0.308. The van der Waals surface area contributed by atoms with Crippen molar-refractivity contribution in [1.82, 2.24) is 28.5 Å². The minimum Gasteiger partial charge on any atom is -0.321 e. The van der Waals surface area contributed by atoms with Gasteiger partial charge in [-0.05, 0) is 30.9 Å². The largest absolute Gasteiger partial charge is 0.332 e. The summed E-state index contributed by atoms with van der Waals surface area (Å²) in [5.41, 5.74) is 0.220. The van der Waals surface area contributed by atoms with Gasteiger partial charge in [0, 0.05) is 58.3 Å². The number of hydrogen-bond donors (Lipinski definition) is 0. The summed E-state index contributed by atoms with van der Waals surface area (Å²) in [6, 6.07) is 10.6. The second-order valence-electron chi connectivity index (χ2n) is 8.40. The number of nitrogens with zero attached hydrogens (tertiary/aromatic N) is 6. The minimum atomic E-state index is -0.359. The number of thioether (sulfide) groups is 1. The molecule has 33 heavy (non-hydrogen) atoms. The zero-order valence-corrected chi connectivity index (χ0v) is 20.2. The first kappa shape index (κ1) is 23.5. The zero-order valence-electron chi connectivity index (χ0n) is 19.4. The van der Waals surface area contributed by atoms with Crippen LogP contribution in [0.2, 0.25) is 0 Å². The smallest absolute Gasteiger partial charge is 0.321 e. The van der Waals surface area contributed by atoms with Crippen LogP contribution >= 0.6 is 11.8 Å². The predicted octanol–water partition coefficient (Wildman–Crippen LogP) is 1.79. The highest BCUT2D eigenvalue weighted by Crippen LogP contribution is 2.18. The number of allylic oxidation sites excluding steroid dienone is 1. The van der Waals surface area contributed by atoms with Crippen molar-refractivity contribution >= 4 is 22.9 Å². The molecule has 0 N–H and O–H groups in total. The average Bonchev–Trinajstić information content (AvgIpc) is 3.27. The Morgan fingerprint density at radius 1 is 0.939 bits per heavy atom. The van der Waals surface area contributed by atoms with Crippen molar-refractivity contribution in [2.45, 2.75) is 17.9 Å². The molecule has 0 atom stereocenters. The molecule has 0 radical (unpaired) electrons. The molecule has 0 amide bonds. The van der Waals surface area contributed by atoms with Crippen LogP contribution in [0.15, 0.2) is 63.3 Å². The molecule has 4 rings (SSSR count). The van der Waals surface area contributed by atoms with Gasteiger partial charge in [-0.15, -0.1) is 11.8 Å². The Hall–Kier alpha value is -2.62. The Kier molecular flexibility index (Phi) is 7.85. The molecule has 8 nitrogen and oxygen atoms in total. The van der Waals surface area contributed by atoms with E-state index in [0.717, 1.165) is 49.6 Å². The van der Waals surface area contributed by atoms with E-state index >= 15 is 0 Å². The van der Waals surface area contributed by atoms with Crippen molar-refractivity contribution in [3.05, 3.63) is 69.6 Å². The Balaban J connectivity index is 1.19. The lowest BCUT2D eigenvalue weighted by Gasteiger charge is -2.34. The number of imidazole rings is 1. The van der Waals surface area contributed by atoms with Crippen LogP contribution in [0.4, 0.5) is 0 Å². The summed E-state index contributed by atoms with van der Waals surface area (Å²) in [5.74, 6) is 1.16. The van der Waals surface area contributed by atoms with Gasteiger partial charge in [0.2, 0.25) is 0 Å². The monoisotopic (exact) mass is 468 g/mol. The van der Waals surface area contributed by atoms with Gasteiger partial charge in [-0.2, -0.15) is 0 Å². The van der Waals surface area contributed by atoms with Crippen molar-refractivity contribution < 1.29 is 0 Å². The van der Waals surface area contributed by atoms with E-state index in [0.29, 0.717) is 17.7 Å². The van der Waals surface area contributed by atoms with E-state index in [1.165, 1.54) is 22.9 Å². The number of aryl methyl sites for hydroxylation is 1. The molecule has 0 saturated carbocycles. The number of benzene rings is 1. The maximum absolute atomic E-state index is 12.5. The molecular formula is C24H32N6O2S. The van der Waals surface area contributed by atoms with Crippen LogP contribution in [0.1, 0.15) is 6.42 Å². The number of rotatable bonds is 9. The van der Waals surface area contributed by atoms with Gasteiger partial charge in [-0.1, -0.05) is 30.4 Å². The van der Waals surface area contributed by atoms with E-state index in [-0.39, 0.29) is 11.2 Å². The maximum atomic E-state index is 12.5. The first-order valence-electron chi connectivity index (χ1n) is 11.4. The predicted molar refractivity (Wildman–Crippen MR) is 134 cm³/mol. The standard InChI is InChI=1S/C24H32N6O2S/c1-26-22-21(23(31)27(2)24(26)32)30(19-25-22)13-7-6-11-28-14-16-29(17-15-28)12-8-18-33-20-9-4-3-5-10-20/h3-7,9-10,19H,8,11-18H2,1-2H3/b7-6+. The van der Waals surface area contributed by atoms with Crippen LogP contribution in [0, 0.1) is 0 Å². The summed E-state index contributed by atoms with van der Waals surface area (Å²) in [6.07, 6.45) is 7.07. The van der Waals surface area contributed by atoms with Crippen LogP contribution in [0.25, 0.3) is 11.2 Å². The normalized spacial score (nSPS) is 15.7. The molecule has 3 heterocycles. The van der Waals surface area contributed by atoms with Crippen LogP contribution in [0.3, 0.4) is 0 Å². The molecule has 1 fully saturated rings. The van der Waals surface area contributed by atoms with E-state index < -0.39 is 0 Å². The lowest BCUT2D eigenvalue weighted by atomic mass is 10.3. The second kappa shape index (κ2) is 11.0. The molecule has 1 aliphatic rings. The summed E-state index contributed by atoms with van der Waals surface area (Å²) in [6.45, 7) is 7.00. The highest BCUT2D eigenvalue weighted by atomic mass is 32.2. The number of piperazine rings is 1. The van der Waals surface area contributed by atoms with Gasteiger partial charge in [0.05, 0.1) is 6.33 Å². The lowest BCUT2D eigenvalue weighted by Crippen LogP contribution is -2.46. The molecule has 2 aromatic heterocycles. The molecule has 0 aliphatic carbocycles. The Labute approximate surface area is 198 Å². The molecular weight excluding hydrogens is 436 g/mol. The number of hydrogen-bond acceptors (Lipinski definition) is 6. The van der Waals surface area contributed by atoms with Crippen molar-refractivity contribution in [3.8, 4) is 0 Å². The summed E-state index contributed by atoms with van der Waals surface area (Å²) in [7, 11) is 3.14. The third kappa shape index (κ3) is 5.66. The summed E-state index contributed by atoms with van der Waals surface area (Å²) in [4.78, 5) is 35.2. The molecule has 0 unspecified atom stereocenters. The second-order valence-corrected chi connectivity index (χ2v) is 9.57. The molecule has 0 spiro atoms. The SMILES string of the molecule is Cn1c(=O)c2c(ncn2C/C=C/CN2CCN(CCCSc3ccccc3)CC2)n(C)c1=O. The highest BCUT2D eigenvalue weighted by Gasteiger charge is 2.16. The van der Waals surface area contributed by atoms with E-state index in [2.05, 4.69) is 57.3 Å². The molecule has 1 saturated heterocycles. The van der Waals surface area contributed by atoms with Crippen molar-refractivity contribution in [3.63, 3.8) is 0 Å². The fraction of sp³-hybridized carbons (Fsp3) is 0.458. The summed E-state index contributed by atoms with van der Waals surface area (Å²) < 4.78 is 4.35. The fourth-order valence-electron chi connectivity index (χ4n) is 4.14. The van der Waals surface area contributed by atoms with Gasteiger partial charge in [0.25, 0.3) is 5.56 Å². The van der Waals surface area contributed by atoms with Crippen LogP contribution in [0.5, 0.6) is 0 Å². The third-order valence-corrected chi connectivity index (χ3v) is 7.24. The Bertz CT molecular complexity index is 1210. The van der Waals surface area contributed by atoms with Crippen LogP contribution in [-0.4, -0.2) is 73.5 Å². The summed E-state index contributed by atoms with van der Waals surface area (Å²) in [5, 5.41) is 0. The van der Waals surface area contributed by atoms with Gasteiger partial charge < -0.3 is 9.47 Å². The molecule has 9 heteroatoms. The fourth-order valence-corrected chi connectivity index (χ4v) is 5.00. The maximum Gasteiger partial charge on any atom is 0.332 e. The Morgan fingerprint density at radius 2 is 1.64 bits per heavy atom. The van der Waals surface area contributed by atoms with Crippen LogP contribution in [-0.2, 0) is 20.6 Å². The summed E-state index contributed by atoms with van der Waals surface area (Å²) >= 11 is 1.94. The van der Waals surface area contributed by atoms with Crippen molar-refractivity contribution in [2.75, 3.05) is 45.0 Å². The van der Waals surface area contributed by atoms with Gasteiger partial charge in [-0.3, -0.25) is 18.8 Å². The average molecular weight is 469 g/mol. The van der Waals surface area contributed by atoms with Gasteiger partial charge in [-0.25, -0.2) is 9.78 Å². The third-order valence-electron chi connectivity index (χ3n) is 6.15. The van der Waals surface area contributed by atoms with Crippen molar-refractivity contribution in [2.24, 2.45) is 14.1 Å². The van der Waals surface area contributed by atoms with Gasteiger partial charge >= 0.3 is 5.69 Å². The Morgan fingerprint density at radius 3 is 2.39 bits per heavy atom.